The first-order valence-corrected chi connectivity index (χ1v) is 13.7. The number of nitrogens with one attached hydrogen (secondary N) is 2. The number of hydrogen-bond acceptors (Lipinski definition) is 7. The van der Waals surface area contributed by atoms with E-state index in [2.05, 4.69) is 52.8 Å². The van der Waals surface area contributed by atoms with Crippen LogP contribution < -0.4 is 10.6 Å². The minimum absolute atomic E-state index is 0.100. The molecule has 0 aliphatic heterocycles. The number of anilines is 2. The molecule has 216 valence electrons. The number of alkyl halides is 3. The molecule has 13 heteroatoms. The summed E-state index contributed by atoms with van der Waals surface area (Å²) in [6.07, 6.45) is -2.01. The largest absolute Gasteiger partial charge is 0.413 e. The molecule has 0 amide bonds. The van der Waals surface area contributed by atoms with Gasteiger partial charge in [0.2, 0.25) is 0 Å². The molecule has 2 aromatic carbocycles. The maximum Gasteiger partial charge on any atom is 0.413 e. The Bertz CT molecular complexity index is 1760. The number of rotatable bonds is 7. The van der Waals surface area contributed by atoms with Crippen molar-refractivity contribution in [2.75, 3.05) is 17.2 Å². The van der Waals surface area contributed by atoms with Gasteiger partial charge in [0.15, 0.2) is 5.54 Å². The van der Waals surface area contributed by atoms with Crippen LogP contribution in [0.4, 0.5) is 24.5 Å². The Morgan fingerprint density at radius 3 is 2.43 bits per heavy atom. The lowest BCUT2D eigenvalue weighted by molar-refractivity contribution is -0.182. The molecule has 42 heavy (non-hydrogen) atoms. The summed E-state index contributed by atoms with van der Waals surface area (Å²) < 4.78 is 42.4. The lowest BCUT2D eigenvalue weighted by atomic mass is 9.96. The van der Waals surface area contributed by atoms with E-state index in [0.29, 0.717) is 45.0 Å². The number of pyridine rings is 1. The minimum atomic E-state index is -4.50. The van der Waals surface area contributed by atoms with Crippen molar-refractivity contribution in [1.82, 2.24) is 20.0 Å². The molecule has 5 rings (SSSR count). The van der Waals surface area contributed by atoms with E-state index in [-0.39, 0.29) is 34.5 Å². The van der Waals surface area contributed by atoms with Gasteiger partial charge in [0, 0.05) is 28.7 Å². The Labute approximate surface area is 250 Å². The summed E-state index contributed by atoms with van der Waals surface area (Å²) in [5.74, 6) is 0. The highest BCUT2D eigenvalue weighted by atomic mass is 35.5. The lowest BCUT2D eigenvalue weighted by Crippen LogP contribution is -2.35. The molecule has 0 unspecified atom stereocenters. The quantitative estimate of drug-likeness (QED) is 0.221. The van der Waals surface area contributed by atoms with Crippen LogP contribution in [0.25, 0.3) is 10.9 Å². The monoisotopic (exact) mass is 612 g/mol. The molecule has 2 N–H and O–H groups in total. The van der Waals surface area contributed by atoms with Crippen LogP contribution in [0.5, 0.6) is 0 Å². The fraction of sp³-hybridized carbons (Fsp3) is 0.345. The van der Waals surface area contributed by atoms with Crippen molar-refractivity contribution >= 4 is 45.5 Å². The predicted molar refractivity (Wildman–Crippen MR) is 154 cm³/mol. The van der Waals surface area contributed by atoms with Crippen molar-refractivity contribution in [3.63, 3.8) is 0 Å². The van der Waals surface area contributed by atoms with Gasteiger partial charge >= 0.3 is 6.18 Å². The molecule has 0 bridgehead atoms. The van der Waals surface area contributed by atoms with E-state index in [1.54, 1.807) is 24.3 Å². The van der Waals surface area contributed by atoms with Gasteiger partial charge < -0.3 is 10.6 Å². The van der Waals surface area contributed by atoms with Gasteiger partial charge in [-0.2, -0.15) is 23.7 Å². The standard InChI is InChI=1S/C29H25Cl2F3N8/c1-27(2,3)15-38-24-17(12-36)13-37-25-20(24)9-18(30)10-21(25)39-26(19-6-4-5-16(11-35)23(19)31)22-14-42(41-40-22)28(7-8-28)29(32,33)34/h4-6,9-10,13-14,26,39H,7-8,15H2,1-3H3,(H,37,38)/t26-/m0/s1. The molecular formula is C29H25Cl2F3N8. The highest BCUT2D eigenvalue weighted by Crippen LogP contribution is 2.55. The van der Waals surface area contributed by atoms with Crippen molar-refractivity contribution in [1.29, 1.82) is 10.5 Å². The maximum atomic E-state index is 13.9. The summed E-state index contributed by atoms with van der Waals surface area (Å²) in [6, 6.07) is 11.4. The van der Waals surface area contributed by atoms with Crippen LogP contribution in [0.3, 0.4) is 0 Å². The van der Waals surface area contributed by atoms with Crippen LogP contribution in [0, 0.1) is 28.1 Å². The summed E-state index contributed by atoms with van der Waals surface area (Å²) in [5.41, 5.74) is 0.265. The minimum Gasteiger partial charge on any atom is -0.383 e. The Morgan fingerprint density at radius 2 is 1.81 bits per heavy atom. The van der Waals surface area contributed by atoms with E-state index >= 15 is 0 Å². The number of fused-ring (bicyclic) bond motifs is 1. The van der Waals surface area contributed by atoms with Gasteiger partial charge in [-0.1, -0.05) is 61.3 Å². The van der Waals surface area contributed by atoms with Crippen molar-refractivity contribution in [3.05, 3.63) is 75.2 Å². The summed E-state index contributed by atoms with van der Waals surface area (Å²) in [7, 11) is 0. The number of nitriles is 2. The first-order valence-electron chi connectivity index (χ1n) is 13.0. The zero-order valence-corrected chi connectivity index (χ0v) is 24.3. The van der Waals surface area contributed by atoms with Gasteiger partial charge in [-0.3, -0.25) is 4.98 Å². The van der Waals surface area contributed by atoms with Gasteiger partial charge in [0.1, 0.15) is 17.8 Å². The number of halogens is 5. The molecule has 1 aliphatic rings. The normalized spacial score (nSPS) is 15.1. The van der Waals surface area contributed by atoms with Crippen LogP contribution in [0.15, 0.2) is 42.7 Å². The topological polar surface area (TPSA) is 115 Å². The zero-order chi connectivity index (χ0) is 30.4. The second-order valence-corrected chi connectivity index (χ2v) is 12.3. The van der Waals surface area contributed by atoms with E-state index in [1.807, 2.05) is 6.07 Å². The van der Waals surface area contributed by atoms with Gasteiger partial charge in [0.25, 0.3) is 0 Å². The Balaban J connectivity index is 1.66. The first-order chi connectivity index (χ1) is 19.8. The van der Waals surface area contributed by atoms with Crippen molar-refractivity contribution in [3.8, 4) is 12.1 Å². The van der Waals surface area contributed by atoms with Crippen LogP contribution >= 0.6 is 23.2 Å². The second-order valence-electron chi connectivity index (χ2n) is 11.4. The Kier molecular flexibility index (Phi) is 7.46. The van der Waals surface area contributed by atoms with Gasteiger partial charge in [-0.15, -0.1) is 5.10 Å². The van der Waals surface area contributed by atoms with Crippen LogP contribution in [0.1, 0.15) is 62.0 Å². The van der Waals surface area contributed by atoms with Gasteiger partial charge in [-0.25, -0.2) is 4.68 Å². The molecule has 0 saturated heterocycles. The third-order valence-electron chi connectivity index (χ3n) is 7.11. The summed E-state index contributed by atoms with van der Waals surface area (Å²) in [6.45, 7) is 6.71. The van der Waals surface area contributed by atoms with E-state index in [9.17, 15) is 23.7 Å². The molecule has 0 radical (unpaired) electrons. The molecule has 1 saturated carbocycles. The highest BCUT2D eigenvalue weighted by Gasteiger charge is 2.66. The summed E-state index contributed by atoms with van der Waals surface area (Å²) >= 11 is 13.2. The lowest BCUT2D eigenvalue weighted by Gasteiger charge is -2.23. The van der Waals surface area contributed by atoms with Crippen LogP contribution in [-0.4, -0.2) is 32.7 Å². The Hall–Kier alpha value is -4.06. The molecule has 2 heterocycles. The van der Waals surface area contributed by atoms with Crippen molar-refractivity contribution in [2.24, 2.45) is 5.41 Å². The van der Waals surface area contributed by atoms with E-state index in [4.69, 9.17) is 23.2 Å². The molecule has 8 nitrogen and oxygen atoms in total. The average Bonchev–Trinajstić information content (AvgIpc) is 3.61. The number of benzene rings is 2. The van der Waals surface area contributed by atoms with Crippen LogP contribution in [0.2, 0.25) is 10.0 Å². The molecule has 2 aromatic heterocycles. The highest BCUT2D eigenvalue weighted by molar-refractivity contribution is 6.33. The smallest absolute Gasteiger partial charge is 0.383 e. The fourth-order valence-corrected chi connectivity index (χ4v) is 5.21. The molecule has 1 fully saturated rings. The van der Waals surface area contributed by atoms with E-state index in [0.717, 1.165) is 4.68 Å². The van der Waals surface area contributed by atoms with Gasteiger partial charge in [-0.05, 0) is 36.5 Å². The summed E-state index contributed by atoms with van der Waals surface area (Å²) in [4.78, 5) is 4.52. The fourth-order valence-electron chi connectivity index (χ4n) is 4.71. The van der Waals surface area contributed by atoms with Crippen molar-refractivity contribution < 1.29 is 13.2 Å². The zero-order valence-electron chi connectivity index (χ0n) is 22.8. The van der Waals surface area contributed by atoms with Crippen molar-refractivity contribution in [2.45, 2.75) is 51.4 Å². The molecule has 0 spiro atoms. The molecular weight excluding hydrogens is 588 g/mol. The first kappa shape index (κ1) is 29.4. The maximum absolute atomic E-state index is 13.9. The van der Waals surface area contributed by atoms with E-state index in [1.165, 1.54) is 18.5 Å². The Morgan fingerprint density at radius 1 is 1.10 bits per heavy atom. The number of nitrogens with zero attached hydrogens (tertiary/aromatic N) is 6. The van der Waals surface area contributed by atoms with Crippen LogP contribution in [-0.2, 0) is 5.54 Å². The number of aromatic nitrogens is 4. The third-order valence-corrected chi connectivity index (χ3v) is 7.75. The third kappa shape index (κ3) is 5.42. The predicted octanol–water partition coefficient (Wildman–Crippen LogP) is 7.59. The average molecular weight is 613 g/mol. The molecule has 4 aromatic rings. The van der Waals surface area contributed by atoms with E-state index < -0.39 is 17.8 Å². The second kappa shape index (κ2) is 10.6. The summed E-state index contributed by atoms with van der Waals surface area (Å²) in [5, 5.41) is 35.0. The molecule has 1 atom stereocenters. The molecule has 1 aliphatic carbocycles. The number of hydrogen-bond donors (Lipinski definition) is 2. The van der Waals surface area contributed by atoms with Gasteiger partial charge in [0.05, 0.1) is 45.3 Å². The SMILES string of the molecule is CC(C)(C)CNc1c(C#N)cnc2c(N[C@H](c3cn(C4(C(F)(F)F)CC4)nn3)c3cccc(C#N)c3Cl)cc(Cl)cc12.